The molecule has 0 saturated heterocycles. The number of amides is 4. The van der Waals surface area contributed by atoms with Gasteiger partial charge in [-0.1, -0.05) is 31.2 Å². The first-order valence-corrected chi connectivity index (χ1v) is 17.3. The number of carboxylic acids is 3. The number of sulfone groups is 1. The zero-order chi connectivity index (χ0) is 36.9. The van der Waals surface area contributed by atoms with Crippen LogP contribution >= 0.6 is 0 Å². The van der Waals surface area contributed by atoms with Gasteiger partial charge in [-0.3, -0.25) is 24.1 Å². The monoisotopic (exact) mass is 704 g/mol. The molecule has 0 aliphatic heterocycles. The lowest BCUT2D eigenvalue weighted by molar-refractivity contribution is -0.148. The van der Waals surface area contributed by atoms with Crippen molar-refractivity contribution in [2.24, 2.45) is 0 Å². The summed E-state index contributed by atoms with van der Waals surface area (Å²) in [5, 5.41) is 36.0. The number of aliphatic carboxylic acids is 2. The van der Waals surface area contributed by atoms with E-state index in [0.29, 0.717) is 17.5 Å². The number of nitrogens with one attached hydrogen (secondary N) is 3. The molecule has 0 aromatic heterocycles. The fourth-order valence-electron chi connectivity index (χ4n) is 4.85. The number of aryl methyl sites for hydroxylation is 1. The first-order valence-electron chi connectivity index (χ1n) is 15.2. The summed E-state index contributed by atoms with van der Waals surface area (Å²) >= 11 is 0. The Morgan fingerprint density at radius 1 is 0.878 bits per heavy atom. The third kappa shape index (κ3) is 12.7. The largest absolute Gasteiger partial charge is 0.480 e. The molecule has 0 aliphatic carbocycles. The van der Waals surface area contributed by atoms with Gasteiger partial charge in [0.15, 0.2) is 0 Å². The second-order valence-electron chi connectivity index (χ2n) is 11.2. The summed E-state index contributed by atoms with van der Waals surface area (Å²) in [5.41, 5.74) is 0.701. The zero-order valence-corrected chi connectivity index (χ0v) is 28.0. The number of carbonyl (C=O) groups is 7. The van der Waals surface area contributed by atoms with Crippen molar-refractivity contribution >= 4 is 62.7 Å². The van der Waals surface area contributed by atoms with E-state index >= 15 is 0 Å². The third-order valence-corrected chi connectivity index (χ3v) is 8.18. The molecule has 0 aliphatic rings. The Morgan fingerprint density at radius 2 is 1.55 bits per heavy atom. The van der Waals surface area contributed by atoms with E-state index in [-0.39, 0.29) is 55.6 Å². The minimum absolute atomic E-state index is 0.00372. The van der Waals surface area contributed by atoms with E-state index in [1.807, 2.05) is 0 Å². The van der Waals surface area contributed by atoms with Crippen molar-refractivity contribution in [3.63, 3.8) is 0 Å². The fraction of sp³-hybridized carbons (Fsp3) is 0.406. The summed E-state index contributed by atoms with van der Waals surface area (Å²) < 4.78 is 22.7. The number of nitrogens with zero attached hydrogens (tertiary/aromatic N) is 1. The Hall–Kier alpha value is -5.32. The van der Waals surface area contributed by atoms with E-state index in [2.05, 4.69) is 16.0 Å². The molecule has 49 heavy (non-hydrogen) atoms. The van der Waals surface area contributed by atoms with Crippen molar-refractivity contribution in [2.75, 3.05) is 23.5 Å². The fourth-order valence-corrected chi connectivity index (χ4v) is 5.52. The Balaban J connectivity index is 2.13. The molecule has 1 unspecified atom stereocenters. The number of benzene rings is 2. The molecular formula is C32H40N4O12S. The highest BCUT2D eigenvalue weighted by Gasteiger charge is 2.30. The molecule has 266 valence electrons. The first kappa shape index (κ1) is 39.9. The van der Waals surface area contributed by atoms with Gasteiger partial charge in [-0.2, -0.15) is 0 Å². The topological polar surface area (TPSA) is 254 Å². The van der Waals surface area contributed by atoms with Crippen LogP contribution in [0, 0.1) is 0 Å². The smallest absolute Gasteiger partial charge is 0.395 e. The highest BCUT2D eigenvalue weighted by Crippen LogP contribution is 2.33. The van der Waals surface area contributed by atoms with E-state index in [1.165, 1.54) is 43.3 Å². The molecule has 2 rings (SSSR count). The summed E-state index contributed by atoms with van der Waals surface area (Å²) in [6.45, 7) is 3.09. The molecule has 2 aromatic carbocycles. The maximum absolute atomic E-state index is 13.0. The Labute approximate surface area is 282 Å². The SMILES string of the molecule is CCc1cc(CC(NC(C)=O)C(=O)NCCCCC(=O)N[C@@H](CCS(C)(=O)=O)C(=O)O)ccc1N(C(=O)C(=O)O)c1ccccc1C(=O)O. The van der Waals surface area contributed by atoms with Gasteiger partial charge in [0.05, 0.1) is 22.7 Å². The minimum Gasteiger partial charge on any atom is -0.480 e. The summed E-state index contributed by atoms with van der Waals surface area (Å²) in [7, 11) is -3.42. The molecular weight excluding hydrogens is 664 g/mol. The van der Waals surface area contributed by atoms with Crippen LogP contribution in [0.5, 0.6) is 0 Å². The highest BCUT2D eigenvalue weighted by molar-refractivity contribution is 7.90. The zero-order valence-electron chi connectivity index (χ0n) is 27.2. The van der Waals surface area contributed by atoms with Crippen LogP contribution in [-0.4, -0.2) is 95.9 Å². The summed E-state index contributed by atoms with van der Waals surface area (Å²) in [6.07, 6.45) is 1.50. The Bertz CT molecular complexity index is 1690. The normalized spacial score (nSPS) is 12.2. The standard InChI is InChI=1S/C32H40N4O12S/c1-4-21-17-20(12-13-25(21)36(29(40)32(45)46)26-10-6-5-9-22(26)30(41)42)18-24(34-19(2)37)28(39)33-15-8-7-11-27(38)35-23(31(43)44)14-16-49(3,47)48/h5-6,9-10,12-13,17,23-24H,4,7-8,11,14-16,18H2,1-3H3,(H,33,39)(H,34,37)(H,35,38)(H,41,42)(H,43,44)(H,45,46)/t23-,24?/m0/s1. The highest BCUT2D eigenvalue weighted by atomic mass is 32.2. The van der Waals surface area contributed by atoms with Gasteiger partial charge >= 0.3 is 23.8 Å². The van der Waals surface area contributed by atoms with Gasteiger partial charge in [0, 0.05) is 32.6 Å². The second-order valence-corrected chi connectivity index (χ2v) is 13.4. The van der Waals surface area contributed by atoms with Crippen molar-refractivity contribution in [3.8, 4) is 0 Å². The summed E-state index contributed by atoms with van der Waals surface area (Å²) in [5.74, 6) is -7.92. The molecule has 6 N–H and O–H groups in total. The molecule has 0 radical (unpaired) electrons. The quantitative estimate of drug-likeness (QED) is 0.0940. The number of para-hydroxylation sites is 1. The third-order valence-electron chi connectivity index (χ3n) is 7.20. The average molecular weight is 705 g/mol. The van der Waals surface area contributed by atoms with Crippen LogP contribution in [0.1, 0.15) is 61.0 Å². The molecule has 0 spiro atoms. The van der Waals surface area contributed by atoms with Crippen LogP contribution < -0.4 is 20.9 Å². The van der Waals surface area contributed by atoms with E-state index < -0.39 is 69.2 Å². The number of anilines is 2. The van der Waals surface area contributed by atoms with Crippen molar-refractivity contribution in [1.82, 2.24) is 16.0 Å². The van der Waals surface area contributed by atoms with Crippen LogP contribution in [-0.2, 0) is 51.4 Å². The lowest BCUT2D eigenvalue weighted by Crippen LogP contribution is -2.47. The Kier molecular flexibility index (Phi) is 14.9. The Morgan fingerprint density at radius 3 is 2.12 bits per heavy atom. The molecule has 0 bridgehead atoms. The summed E-state index contributed by atoms with van der Waals surface area (Å²) in [6, 6.07) is 7.67. The van der Waals surface area contributed by atoms with Crippen molar-refractivity contribution in [2.45, 2.75) is 64.5 Å². The number of hydrogen-bond donors (Lipinski definition) is 6. The van der Waals surface area contributed by atoms with Crippen LogP contribution in [0.15, 0.2) is 42.5 Å². The van der Waals surface area contributed by atoms with Gasteiger partial charge in [0.1, 0.15) is 21.9 Å². The van der Waals surface area contributed by atoms with E-state index in [1.54, 1.807) is 13.0 Å². The number of hydrogen-bond acceptors (Lipinski definition) is 9. The maximum Gasteiger partial charge on any atom is 0.395 e. The van der Waals surface area contributed by atoms with Crippen LogP contribution in [0.25, 0.3) is 0 Å². The van der Waals surface area contributed by atoms with Crippen LogP contribution in [0.2, 0.25) is 0 Å². The molecule has 2 atom stereocenters. The lowest BCUT2D eigenvalue weighted by atomic mass is 9.99. The van der Waals surface area contributed by atoms with Crippen molar-refractivity contribution in [1.29, 1.82) is 0 Å². The van der Waals surface area contributed by atoms with Gasteiger partial charge < -0.3 is 31.3 Å². The molecule has 0 saturated carbocycles. The summed E-state index contributed by atoms with van der Waals surface area (Å²) in [4.78, 5) is 85.8. The van der Waals surface area contributed by atoms with Gasteiger partial charge in [-0.25, -0.2) is 22.8 Å². The molecule has 2 aromatic rings. The predicted octanol–water partition coefficient (Wildman–Crippen LogP) is 1.03. The maximum atomic E-state index is 13.0. The molecule has 0 fully saturated rings. The predicted molar refractivity (Wildman–Crippen MR) is 176 cm³/mol. The van der Waals surface area contributed by atoms with E-state index in [4.69, 9.17) is 0 Å². The minimum atomic E-state index is -3.42. The van der Waals surface area contributed by atoms with Gasteiger partial charge in [0.25, 0.3) is 0 Å². The number of rotatable bonds is 18. The molecule has 17 heteroatoms. The van der Waals surface area contributed by atoms with Crippen molar-refractivity contribution in [3.05, 3.63) is 59.2 Å². The number of aromatic carboxylic acids is 1. The number of carbonyl (C=O) groups excluding carboxylic acids is 4. The first-order chi connectivity index (χ1) is 22.9. The molecule has 16 nitrogen and oxygen atoms in total. The van der Waals surface area contributed by atoms with Crippen LogP contribution in [0.3, 0.4) is 0 Å². The lowest BCUT2D eigenvalue weighted by Gasteiger charge is -2.26. The molecule has 4 amide bonds. The van der Waals surface area contributed by atoms with Crippen LogP contribution in [0.4, 0.5) is 11.4 Å². The van der Waals surface area contributed by atoms with E-state index in [9.17, 15) is 57.3 Å². The van der Waals surface area contributed by atoms with Gasteiger partial charge in [-0.05, 0) is 55.0 Å². The average Bonchev–Trinajstić information content (AvgIpc) is 3.02. The number of unbranched alkanes of at least 4 members (excludes halogenated alkanes) is 1. The molecule has 0 heterocycles. The van der Waals surface area contributed by atoms with E-state index in [0.717, 1.165) is 11.2 Å². The second kappa shape index (κ2) is 18.3. The van der Waals surface area contributed by atoms with Crippen molar-refractivity contribution < 1.29 is 57.3 Å². The van der Waals surface area contributed by atoms with Gasteiger partial charge in [0.2, 0.25) is 17.7 Å². The number of carboxylic acid groups (broad SMARTS) is 3. The van der Waals surface area contributed by atoms with Gasteiger partial charge in [-0.15, -0.1) is 0 Å².